The van der Waals surface area contributed by atoms with E-state index < -0.39 is 0 Å². The Bertz CT molecular complexity index is 768. The second-order valence-electron chi connectivity index (χ2n) is 5.50. The van der Waals surface area contributed by atoms with Gasteiger partial charge in [-0.1, -0.05) is 60.7 Å². The van der Waals surface area contributed by atoms with E-state index in [2.05, 4.69) is 5.32 Å². The Balaban J connectivity index is 1.51. The van der Waals surface area contributed by atoms with Crippen molar-refractivity contribution in [1.82, 2.24) is 0 Å². The van der Waals surface area contributed by atoms with Gasteiger partial charge in [0.15, 0.2) is 0 Å². The second kappa shape index (κ2) is 8.09. The maximum atomic E-state index is 12.1. The maximum Gasteiger partial charge on any atom is 0.255 e. The van der Waals surface area contributed by atoms with Crippen molar-refractivity contribution in [2.24, 2.45) is 0 Å². The van der Waals surface area contributed by atoms with E-state index in [1.165, 1.54) is 0 Å². The average Bonchev–Trinajstić information content (AvgIpc) is 2.65. The minimum Gasteiger partial charge on any atom is -0.372 e. The molecule has 0 unspecified atom stereocenters. The number of amides is 1. The van der Waals surface area contributed by atoms with Crippen molar-refractivity contribution >= 4 is 11.6 Å². The van der Waals surface area contributed by atoms with Crippen molar-refractivity contribution in [3.63, 3.8) is 0 Å². The highest BCUT2D eigenvalue weighted by molar-refractivity contribution is 6.04. The van der Waals surface area contributed by atoms with Gasteiger partial charge in [0.2, 0.25) is 0 Å². The molecule has 0 saturated carbocycles. The molecule has 0 heterocycles. The first-order valence-corrected chi connectivity index (χ1v) is 7.88. The van der Waals surface area contributed by atoms with Crippen LogP contribution < -0.4 is 5.32 Å². The highest BCUT2D eigenvalue weighted by Gasteiger charge is 2.04. The van der Waals surface area contributed by atoms with Gasteiger partial charge in [0.1, 0.15) is 0 Å². The van der Waals surface area contributed by atoms with E-state index in [0.29, 0.717) is 18.8 Å². The standard InChI is InChI=1S/C21H19NO2/c23-21(19-9-5-2-6-10-19)22-20-13-11-18(12-14-20)16-24-15-17-7-3-1-4-8-17/h1-14H,15-16H2,(H,22,23). The van der Waals surface area contributed by atoms with Gasteiger partial charge >= 0.3 is 0 Å². The highest BCUT2D eigenvalue weighted by atomic mass is 16.5. The fourth-order valence-corrected chi connectivity index (χ4v) is 2.34. The zero-order valence-electron chi connectivity index (χ0n) is 13.3. The van der Waals surface area contributed by atoms with E-state index in [-0.39, 0.29) is 5.91 Å². The van der Waals surface area contributed by atoms with E-state index in [4.69, 9.17) is 4.74 Å². The van der Waals surface area contributed by atoms with E-state index in [9.17, 15) is 4.79 Å². The molecule has 1 amide bonds. The molecule has 0 saturated heterocycles. The highest BCUT2D eigenvalue weighted by Crippen LogP contribution is 2.13. The monoisotopic (exact) mass is 317 g/mol. The number of hydrogen-bond donors (Lipinski definition) is 1. The minimum atomic E-state index is -0.108. The van der Waals surface area contributed by atoms with E-state index in [1.54, 1.807) is 12.1 Å². The molecule has 1 N–H and O–H groups in total. The first kappa shape index (κ1) is 16.0. The first-order valence-electron chi connectivity index (χ1n) is 7.88. The van der Waals surface area contributed by atoms with Gasteiger partial charge in [-0.15, -0.1) is 0 Å². The normalized spacial score (nSPS) is 10.3. The molecule has 0 aromatic heterocycles. The summed E-state index contributed by atoms with van der Waals surface area (Å²) in [7, 11) is 0. The van der Waals surface area contributed by atoms with Crippen molar-refractivity contribution in [2.45, 2.75) is 13.2 Å². The molecular weight excluding hydrogens is 298 g/mol. The van der Waals surface area contributed by atoms with Gasteiger partial charge in [0.25, 0.3) is 5.91 Å². The minimum absolute atomic E-state index is 0.108. The lowest BCUT2D eigenvalue weighted by molar-refractivity contribution is 0.102. The number of rotatable bonds is 6. The summed E-state index contributed by atoms with van der Waals surface area (Å²) in [4.78, 5) is 12.1. The predicted octanol–water partition coefficient (Wildman–Crippen LogP) is 4.66. The average molecular weight is 317 g/mol. The van der Waals surface area contributed by atoms with Crippen LogP contribution in [0, 0.1) is 0 Å². The molecule has 3 rings (SSSR count). The van der Waals surface area contributed by atoms with Gasteiger partial charge in [-0.05, 0) is 35.4 Å². The number of carbonyl (C=O) groups excluding carboxylic acids is 1. The quantitative estimate of drug-likeness (QED) is 0.718. The summed E-state index contributed by atoms with van der Waals surface area (Å²) >= 11 is 0. The number of anilines is 1. The van der Waals surface area contributed by atoms with Crippen LogP contribution in [-0.4, -0.2) is 5.91 Å². The van der Waals surface area contributed by atoms with Crippen LogP contribution in [0.15, 0.2) is 84.9 Å². The molecular formula is C21H19NO2. The smallest absolute Gasteiger partial charge is 0.255 e. The molecule has 3 aromatic carbocycles. The molecule has 0 bridgehead atoms. The lowest BCUT2D eigenvalue weighted by Crippen LogP contribution is -2.11. The van der Waals surface area contributed by atoms with E-state index >= 15 is 0 Å². The zero-order chi connectivity index (χ0) is 16.6. The Labute approximate surface area is 141 Å². The third-order valence-electron chi connectivity index (χ3n) is 3.63. The van der Waals surface area contributed by atoms with Crippen molar-refractivity contribution in [1.29, 1.82) is 0 Å². The Morgan fingerprint density at radius 2 is 1.25 bits per heavy atom. The van der Waals surface area contributed by atoms with Gasteiger partial charge in [-0.25, -0.2) is 0 Å². The number of hydrogen-bond acceptors (Lipinski definition) is 2. The van der Waals surface area contributed by atoms with Crippen molar-refractivity contribution in [2.75, 3.05) is 5.32 Å². The molecule has 0 radical (unpaired) electrons. The lowest BCUT2D eigenvalue weighted by Gasteiger charge is -2.08. The number of ether oxygens (including phenoxy) is 1. The lowest BCUT2D eigenvalue weighted by atomic mass is 10.2. The van der Waals surface area contributed by atoms with Crippen molar-refractivity contribution in [3.05, 3.63) is 102 Å². The largest absolute Gasteiger partial charge is 0.372 e. The van der Waals surface area contributed by atoms with Crippen LogP contribution in [0.25, 0.3) is 0 Å². The third kappa shape index (κ3) is 4.54. The fraction of sp³-hybridized carbons (Fsp3) is 0.0952. The van der Waals surface area contributed by atoms with Crippen LogP contribution in [0.4, 0.5) is 5.69 Å². The first-order chi connectivity index (χ1) is 11.8. The van der Waals surface area contributed by atoms with Gasteiger partial charge in [-0.2, -0.15) is 0 Å². The van der Waals surface area contributed by atoms with Crippen LogP contribution >= 0.6 is 0 Å². The van der Waals surface area contributed by atoms with Crippen molar-refractivity contribution in [3.8, 4) is 0 Å². The predicted molar refractivity (Wildman–Crippen MR) is 95.8 cm³/mol. The third-order valence-corrected chi connectivity index (χ3v) is 3.63. The Morgan fingerprint density at radius 3 is 1.88 bits per heavy atom. The van der Waals surface area contributed by atoms with E-state index in [1.807, 2.05) is 72.8 Å². The summed E-state index contributed by atoms with van der Waals surface area (Å²) in [6, 6.07) is 27.0. The fourth-order valence-electron chi connectivity index (χ4n) is 2.34. The number of nitrogens with one attached hydrogen (secondary N) is 1. The molecule has 0 fully saturated rings. The van der Waals surface area contributed by atoms with Crippen LogP contribution in [0.1, 0.15) is 21.5 Å². The molecule has 0 aliphatic rings. The molecule has 0 aliphatic carbocycles. The molecule has 3 aromatic rings. The SMILES string of the molecule is O=C(Nc1ccc(COCc2ccccc2)cc1)c1ccccc1. The number of benzene rings is 3. The van der Waals surface area contributed by atoms with Crippen LogP contribution in [0.5, 0.6) is 0 Å². The van der Waals surface area contributed by atoms with Crippen molar-refractivity contribution < 1.29 is 9.53 Å². The van der Waals surface area contributed by atoms with Gasteiger partial charge in [0, 0.05) is 11.3 Å². The Morgan fingerprint density at radius 1 is 0.708 bits per heavy atom. The van der Waals surface area contributed by atoms with Crippen LogP contribution in [0.2, 0.25) is 0 Å². The van der Waals surface area contributed by atoms with Gasteiger partial charge in [-0.3, -0.25) is 4.79 Å². The molecule has 120 valence electrons. The summed E-state index contributed by atoms with van der Waals surface area (Å²) in [5.74, 6) is -0.108. The summed E-state index contributed by atoms with van der Waals surface area (Å²) in [6.45, 7) is 1.13. The zero-order valence-corrected chi connectivity index (χ0v) is 13.3. The van der Waals surface area contributed by atoms with E-state index in [0.717, 1.165) is 16.8 Å². The summed E-state index contributed by atoms with van der Waals surface area (Å²) in [5.41, 5.74) is 3.65. The molecule has 3 heteroatoms. The maximum absolute atomic E-state index is 12.1. The van der Waals surface area contributed by atoms with Crippen LogP contribution in [-0.2, 0) is 18.0 Å². The van der Waals surface area contributed by atoms with Gasteiger partial charge < -0.3 is 10.1 Å². The second-order valence-corrected chi connectivity index (χ2v) is 5.50. The molecule has 0 aliphatic heterocycles. The summed E-state index contributed by atoms with van der Waals surface area (Å²) in [6.07, 6.45) is 0. The topological polar surface area (TPSA) is 38.3 Å². The Hall–Kier alpha value is -2.91. The Kier molecular flexibility index (Phi) is 5.38. The summed E-state index contributed by atoms with van der Waals surface area (Å²) < 4.78 is 5.71. The molecule has 24 heavy (non-hydrogen) atoms. The molecule has 3 nitrogen and oxygen atoms in total. The number of carbonyl (C=O) groups is 1. The summed E-state index contributed by atoms with van der Waals surface area (Å²) in [5, 5.41) is 2.89. The van der Waals surface area contributed by atoms with Crippen LogP contribution in [0.3, 0.4) is 0 Å². The molecule has 0 atom stereocenters. The molecule has 0 spiro atoms. The van der Waals surface area contributed by atoms with Gasteiger partial charge in [0.05, 0.1) is 13.2 Å².